The Morgan fingerprint density at radius 1 is 1.26 bits per heavy atom. The molecule has 0 saturated heterocycles. The lowest BCUT2D eigenvalue weighted by atomic mass is 10.1. The lowest BCUT2D eigenvalue weighted by Gasteiger charge is -2.02. The predicted octanol–water partition coefficient (Wildman–Crippen LogP) is 3.76. The van der Waals surface area contributed by atoms with Gasteiger partial charge in [0, 0.05) is 17.3 Å². The van der Waals surface area contributed by atoms with E-state index in [-0.39, 0.29) is 5.82 Å². The molecule has 1 aromatic carbocycles. The predicted molar refractivity (Wildman–Crippen MR) is 89.9 cm³/mol. The number of oxime groups is 1. The summed E-state index contributed by atoms with van der Waals surface area (Å²) in [6.45, 7) is 3.04. The van der Waals surface area contributed by atoms with Crippen molar-refractivity contribution in [1.29, 1.82) is 0 Å². The van der Waals surface area contributed by atoms with E-state index in [4.69, 9.17) is 4.84 Å². The Morgan fingerprint density at radius 3 is 2.70 bits per heavy atom. The van der Waals surface area contributed by atoms with E-state index in [2.05, 4.69) is 24.9 Å². The third-order valence-corrected chi connectivity index (χ3v) is 3.45. The van der Waals surface area contributed by atoms with Crippen molar-refractivity contribution in [1.82, 2.24) is 19.9 Å². The molecule has 0 bridgehead atoms. The van der Waals surface area contributed by atoms with Gasteiger partial charge >= 0.3 is 12.1 Å². The smallest absolute Gasteiger partial charge is 0.396 e. The zero-order chi connectivity index (χ0) is 19.3. The second kappa shape index (κ2) is 8.02. The van der Waals surface area contributed by atoms with Crippen LogP contribution in [-0.4, -0.2) is 32.7 Å². The average molecular weight is 379 g/mol. The molecule has 3 aromatic rings. The van der Waals surface area contributed by atoms with Gasteiger partial charge < -0.3 is 9.36 Å². The second-order valence-electron chi connectivity index (χ2n) is 5.66. The Hall–Kier alpha value is -3.17. The van der Waals surface area contributed by atoms with Crippen molar-refractivity contribution in [3.05, 3.63) is 53.7 Å². The summed E-state index contributed by atoms with van der Waals surface area (Å²) in [5.41, 5.74) is 2.14. The van der Waals surface area contributed by atoms with Crippen LogP contribution in [0.2, 0.25) is 0 Å². The highest BCUT2D eigenvalue weighted by Crippen LogP contribution is 2.29. The summed E-state index contributed by atoms with van der Waals surface area (Å²) in [6.07, 6.45) is 1.27. The quantitative estimate of drug-likeness (QED) is 0.355. The topological polar surface area (TPSA) is 78.3 Å². The van der Waals surface area contributed by atoms with Crippen molar-refractivity contribution in [2.75, 3.05) is 6.61 Å². The Labute approximate surface area is 152 Å². The van der Waals surface area contributed by atoms with Crippen LogP contribution in [0.15, 0.2) is 46.3 Å². The zero-order valence-electron chi connectivity index (χ0n) is 14.3. The fraction of sp³-hybridized carbons (Fsp3) is 0.294. The first-order valence-corrected chi connectivity index (χ1v) is 8.13. The van der Waals surface area contributed by atoms with E-state index >= 15 is 0 Å². The van der Waals surface area contributed by atoms with E-state index in [9.17, 15) is 13.2 Å². The molecule has 142 valence electrons. The summed E-state index contributed by atoms with van der Waals surface area (Å²) in [5, 5.41) is 11.4. The molecule has 2 aromatic heterocycles. The Kier molecular flexibility index (Phi) is 5.53. The molecule has 3 rings (SSSR count). The van der Waals surface area contributed by atoms with Crippen LogP contribution in [0.3, 0.4) is 0 Å². The van der Waals surface area contributed by atoms with Crippen LogP contribution in [-0.2, 0) is 17.6 Å². The zero-order valence-corrected chi connectivity index (χ0v) is 14.3. The molecule has 27 heavy (non-hydrogen) atoms. The van der Waals surface area contributed by atoms with Gasteiger partial charge in [0.25, 0.3) is 0 Å². The van der Waals surface area contributed by atoms with Gasteiger partial charge in [0.2, 0.25) is 5.82 Å². The van der Waals surface area contributed by atoms with E-state index in [1.165, 1.54) is 0 Å². The van der Waals surface area contributed by atoms with Crippen molar-refractivity contribution in [3.63, 3.8) is 0 Å². The summed E-state index contributed by atoms with van der Waals surface area (Å²) in [5.74, 6) is -1.48. The maximum Gasteiger partial charge on any atom is 0.471 e. The standard InChI is InChI=1S/C17H16F3N5O2/c1-2-7-26-22-9-13-8-21-25(11-13)10-12-3-5-14(6-4-12)15-23-16(27-24-15)17(18,19)20/h3-6,8-9,11H,2,7,10H2,1H3/b22-9+. The largest absolute Gasteiger partial charge is 0.471 e. The molecule has 10 heteroatoms. The number of alkyl halides is 3. The maximum absolute atomic E-state index is 12.5. The van der Waals surface area contributed by atoms with Crippen LogP contribution in [0.4, 0.5) is 13.2 Å². The highest BCUT2D eigenvalue weighted by molar-refractivity contribution is 5.78. The van der Waals surface area contributed by atoms with Crippen molar-refractivity contribution < 1.29 is 22.5 Å². The van der Waals surface area contributed by atoms with Gasteiger partial charge in [-0.05, 0) is 12.0 Å². The molecule has 0 radical (unpaired) electrons. The van der Waals surface area contributed by atoms with Crippen LogP contribution in [0.1, 0.15) is 30.4 Å². The van der Waals surface area contributed by atoms with Crippen molar-refractivity contribution in [2.45, 2.75) is 26.1 Å². The molecule has 0 aliphatic rings. The minimum Gasteiger partial charge on any atom is -0.396 e. The van der Waals surface area contributed by atoms with Gasteiger partial charge in [-0.25, -0.2) is 0 Å². The molecule has 0 aliphatic carbocycles. The molecule has 0 fully saturated rings. The van der Waals surface area contributed by atoms with Crippen LogP contribution in [0.5, 0.6) is 0 Å². The van der Waals surface area contributed by atoms with Gasteiger partial charge in [-0.15, -0.1) is 0 Å². The van der Waals surface area contributed by atoms with Crippen molar-refractivity contribution >= 4 is 6.21 Å². The van der Waals surface area contributed by atoms with Gasteiger partial charge in [0.05, 0.1) is 19.0 Å². The number of benzene rings is 1. The van der Waals surface area contributed by atoms with E-state index in [0.29, 0.717) is 18.7 Å². The Balaban J connectivity index is 1.63. The molecule has 0 unspecified atom stereocenters. The highest BCUT2D eigenvalue weighted by atomic mass is 19.4. The number of nitrogens with zero attached hydrogens (tertiary/aromatic N) is 5. The summed E-state index contributed by atoms with van der Waals surface area (Å²) in [7, 11) is 0. The highest BCUT2D eigenvalue weighted by Gasteiger charge is 2.38. The molecule has 0 spiro atoms. The summed E-state index contributed by atoms with van der Waals surface area (Å²) < 4.78 is 43.5. The summed E-state index contributed by atoms with van der Waals surface area (Å²) in [4.78, 5) is 8.40. The van der Waals surface area contributed by atoms with Gasteiger partial charge in [-0.2, -0.15) is 23.3 Å². The fourth-order valence-electron chi connectivity index (χ4n) is 2.18. The lowest BCUT2D eigenvalue weighted by Crippen LogP contribution is -2.04. The molecule has 0 amide bonds. The molecule has 7 nitrogen and oxygen atoms in total. The number of hydrogen-bond donors (Lipinski definition) is 0. The first kappa shape index (κ1) is 18.6. The van der Waals surface area contributed by atoms with E-state index in [1.807, 2.05) is 13.1 Å². The molecular formula is C17H16F3N5O2. The van der Waals surface area contributed by atoms with Crippen molar-refractivity contribution in [2.24, 2.45) is 5.16 Å². The van der Waals surface area contributed by atoms with Crippen LogP contribution in [0, 0.1) is 0 Å². The molecule has 0 saturated carbocycles. The lowest BCUT2D eigenvalue weighted by molar-refractivity contribution is -0.159. The van der Waals surface area contributed by atoms with E-state index < -0.39 is 12.1 Å². The first-order valence-electron chi connectivity index (χ1n) is 8.13. The summed E-state index contributed by atoms with van der Waals surface area (Å²) >= 11 is 0. The first-order chi connectivity index (χ1) is 13.0. The number of rotatable bonds is 7. The monoisotopic (exact) mass is 379 g/mol. The van der Waals surface area contributed by atoms with E-state index in [0.717, 1.165) is 17.5 Å². The Bertz CT molecular complexity index is 900. The molecule has 0 N–H and O–H groups in total. The number of aromatic nitrogens is 4. The van der Waals surface area contributed by atoms with Crippen molar-refractivity contribution in [3.8, 4) is 11.4 Å². The third kappa shape index (κ3) is 4.93. The molecule has 2 heterocycles. The third-order valence-electron chi connectivity index (χ3n) is 3.45. The van der Waals surface area contributed by atoms with Gasteiger partial charge in [-0.3, -0.25) is 4.68 Å². The molecule has 0 aliphatic heterocycles. The van der Waals surface area contributed by atoms with Gasteiger partial charge in [0.15, 0.2) is 0 Å². The minimum absolute atomic E-state index is 0.112. The number of halogens is 3. The van der Waals surface area contributed by atoms with Gasteiger partial charge in [-0.1, -0.05) is 41.5 Å². The van der Waals surface area contributed by atoms with Crippen LogP contribution >= 0.6 is 0 Å². The minimum atomic E-state index is -4.66. The van der Waals surface area contributed by atoms with Crippen LogP contribution < -0.4 is 0 Å². The number of hydrogen-bond acceptors (Lipinski definition) is 6. The van der Waals surface area contributed by atoms with Crippen LogP contribution in [0.25, 0.3) is 11.4 Å². The SMILES string of the molecule is CCCO/N=C/c1cnn(Cc2ccc(-c3noc(C(F)(F)F)n3)cc2)c1. The second-order valence-corrected chi connectivity index (χ2v) is 5.66. The van der Waals surface area contributed by atoms with E-state index in [1.54, 1.807) is 41.4 Å². The maximum atomic E-state index is 12.5. The molecular weight excluding hydrogens is 363 g/mol. The van der Waals surface area contributed by atoms with Gasteiger partial charge in [0.1, 0.15) is 6.61 Å². The fourth-order valence-corrected chi connectivity index (χ4v) is 2.18. The Morgan fingerprint density at radius 2 is 2.04 bits per heavy atom. The normalized spacial score (nSPS) is 12.0. The summed E-state index contributed by atoms with van der Waals surface area (Å²) in [6, 6.07) is 6.78. The average Bonchev–Trinajstić information content (AvgIpc) is 3.29. The molecule has 0 atom stereocenters.